The monoisotopic (exact) mass is 208 g/mol. The fourth-order valence-electron chi connectivity index (χ4n) is 2.58. The molecule has 2 aliphatic rings. The summed E-state index contributed by atoms with van der Waals surface area (Å²) < 4.78 is 0. The van der Waals surface area contributed by atoms with Gasteiger partial charge >= 0.3 is 0 Å². The normalized spacial score (nSPS) is 24.7. The van der Waals surface area contributed by atoms with E-state index in [2.05, 4.69) is 6.07 Å². The summed E-state index contributed by atoms with van der Waals surface area (Å²) in [4.78, 5) is 3.05. The van der Waals surface area contributed by atoms with Crippen molar-refractivity contribution in [3.63, 3.8) is 0 Å². The van der Waals surface area contributed by atoms with Crippen molar-refractivity contribution in [3.05, 3.63) is 21.4 Å². The number of fused-ring (bicyclic) bond motifs is 1. The maximum Gasteiger partial charge on any atom is 0.0616 e. The van der Waals surface area contributed by atoms with Crippen LogP contribution in [0.25, 0.3) is 0 Å². The molecule has 0 aliphatic heterocycles. The molecule has 0 amide bonds. The SMILES string of the molecule is CC(O)C1(c2cc3c(s2)CCC3)CC1. The molecule has 1 atom stereocenters. The fraction of sp³-hybridized carbons (Fsp3) is 0.667. The first-order valence-corrected chi connectivity index (χ1v) is 6.34. The molecule has 0 saturated heterocycles. The molecule has 76 valence electrons. The van der Waals surface area contributed by atoms with E-state index in [0.29, 0.717) is 0 Å². The van der Waals surface area contributed by atoms with Gasteiger partial charge in [0.05, 0.1) is 6.10 Å². The maximum atomic E-state index is 9.79. The van der Waals surface area contributed by atoms with Gasteiger partial charge in [-0.2, -0.15) is 0 Å². The highest BCUT2D eigenvalue weighted by Gasteiger charge is 2.49. The third-order valence-electron chi connectivity index (χ3n) is 3.83. The van der Waals surface area contributed by atoms with Crippen LogP contribution in [0.5, 0.6) is 0 Å². The van der Waals surface area contributed by atoms with E-state index in [0.717, 1.165) is 0 Å². The first-order valence-electron chi connectivity index (χ1n) is 5.52. The quantitative estimate of drug-likeness (QED) is 0.792. The molecule has 0 aromatic carbocycles. The zero-order chi connectivity index (χ0) is 9.76. The van der Waals surface area contributed by atoms with Gasteiger partial charge in [0.25, 0.3) is 0 Å². The average Bonchev–Trinajstić information content (AvgIpc) is 2.67. The highest BCUT2D eigenvalue weighted by molar-refractivity contribution is 7.12. The van der Waals surface area contributed by atoms with Crippen LogP contribution in [0.1, 0.15) is 41.5 Å². The Morgan fingerprint density at radius 2 is 2.21 bits per heavy atom. The summed E-state index contributed by atoms with van der Waals surface area (Å²) in [5.41, 5.74) is 1.73. The van der Waals surface area contributed by atoms with Crippen molar-refractivity contribution in [3.8, 4) is 0 Å². The maximum absolute atomic E-state index is 9.79. The topological polar surface area (TPSA) is 20.2 Å². The van der Waals surface area contributed by atoms with Crippen LogP contribution in [0, 0.1) is 0 Å². The number of rotatable bonds is 2. The predicted molar refractivity (Wildman–Crippen MR) is 58.9 cm³/mol. The second kappa shape index (κ2) is 2.83. The molecule has 1 N–H and O–H groups in total. The van der Waals surface area contributed by atoms with E-state index in [1.807, 2.05) is 18.3 Å². The Morgan fingerprint density at radius 3 is 2.79 bits per heavy atom. The summed E-state index contributed by atoms with van der Waals surface area (Å²) in [6, 6.07) is 2.37. The second-order valence-electron chi connectivity index (χ2n) is 4.74. The molecule has 0 radical (unpaired) electrons. The summed E-state index contributed by atoms with van der Waals surface area (Å²) in [6.07, 6.45) is 6.08. The Kier molecular flexibility index (Phi) is 1.80. The molecule has 1 saturated carbocycles. The van der Waals surface area contributed by atoms with Crippen molar-refractivity contribution in [2.24, 2.45) is 0 Å². The molecule has 1 heterocycles. The van der Waals surface area contributed by atoms with Crippen molar-refractivity contribution in [1.29, 1.82) is 0 Å². The van der Waals surface area contributed by atoms with E-state index in [-0.39, 0.29) is 11.5 Å². The Labute approximate surface area is 88.8 Å². The van der Waals surface area contributed by atoms with Crippen LogP contribution in [0.2, 0.25) is 0 Å². The van der Waals surface area contributed by atoms with Gasteiger partial charge in [-0.1, -0.05) is 0 Å². The van der Waals surface area contributed by atoms with Crippen molar-refractivity contribution in [2.75, 3.05) is 0 Å². The van der Waals surface area contributed by atoms with E-state index in [1.165, 1.54) is 37.0 Å². The van der Waals surface area contributed by atoms with Gasteiger partial charge < -0.3 is 5.11 Å². The molecule has 0 bridgehead atoms. The Bertz CT molecular complexity index is 339. The van der Waals surface area contributed by atoms with Gasteiger partial charge in [-0.3, -0.25) is 0 Å². The van der Waals surface area contributed by atoms with Crippen molar-refractivity contribution >= 4 is 11.3 Å². The minimum absolute atomic E-state index is 0.162. The molecule has 14 heavy (non-hydrogen) atoms. The third-order valence-corrected chi connectivity index (χ3v) is 5.28. The third kappa shape index (κ3) is 1.10. The summed E-state index contributed by atoms with van der Waals surface area (Å²) in [7, 11) is 0. The zero-order valence-electron chi connectivity index (χ0n) is 8.55. The summed E-state index contributed by atoms with van der Waals surface area (Å²) in [5.74, 6) is 0. The molecule has 1 nitrogen and oxygen atoms in total. The van der Waals surface area contributed by atoms with Gasteiger partial charge in [-0.05, 0) is 50.7 Å². The summed E-state index contributed by atoms with van der Waals surface area (Å²) in [6.45, 7) is 1.94. The molecular formula is C12H16OS. The molecule has 1 unspecified atom stereocenters. The Balaban J connectivity index is 1.98. The number of thiophene rings is 1. The molecule has 3 rings (SSSR count). The smallest absolute Gasteiger partial charge is 0.0616 e. The number of aryl methyl sites for hydroxylation is 2. The van der Waals surface area contributed by atoms with Crippen molar-refractivity contribution < 1.29 is 5.11 Å². The van der Waals surface area contributed by atoms with Crippen LogP contribution in [-0.2, 0) is 18.3 Å². The van der Waals surface area contributed by atoms with E-state index >= 15 is 0 Å². The van der Waals surface area contributed by atoms with E-state index in [4.69, 9.17) is 0 Å². The van der Waals surface area contributed by atoms with Gasteiger partial charge in [0.1, 0.15) is 0 Å². The summed E-state index contributed by atoms with van der Waals surface area (Å²) >= 11 is 1.96. The van der Waals surface area contributed by atoms with E-state index < -0.39 is 0 Å². The minimum Gasteiger partial charge on any atom is -0.392 e. The van der Waals surface area contributed by atoms with Crippen LogP contribution < -0.4 is 0 Å². The van der Waals surface area contributed by atoms with Crippen molar-refractivity contribution in [2.45, 2.75) is 50.5 Å². The lowest BCUT2D eigenvalue weighted by Crippen LogP contribution is -2.21. The Morgan fingerprint density at radius 1 is 1.43 bits per heavy atom. The molecule has 1 fully saturated rings. The lowest BCUT2D eigenvalue weighted by atomic mass is 9.98. The number of aliphatic hydroxyl groups is 1. The molecule has 2 heteroatoms. The van der Waals surface area contributed by atoms with E-state index in [9.17, 15) is 5.11 Å². The largest absolute Gasteiger partial charge is 0.392 e. The highest BCUT2D eigenvalue weighted by atomic mass is 32.1. The fourth-order valence-corrected chi connectivity index (χ4v) is 4.16. The number of aliphatic hydroxyl groups excluding tert-OH is 1. The predicted octanol–water partition coefficient (Wildman–Crippen LogP) is 2.65. The molecular weight excluding hydrogens is 192 g/mol. The number of hydrogen-bond acceptors (Lipinski definition) is 2. The zero-order valence-corrected chi connectivity index (χ0v) is 9.36. The van der Waals surface area contributed by atoms with Crippen LogP contribution >= 0.6 is 11.3 Å². The molecule has 2 aliphatic carbocycles. The van der Waals surface area contributed by atoms with Crippen molar-refractivity contribution in [1.82, 2.24) is 0 Å². The number of hydrogen-bond donors (Lipinski definition) is 1. The first-order chi connectivity index (χ1) is 6.72. The molecule has 1 aromatic heterocycles. The lowest BCUT2D eigenvalue weighted by molar-refractivity contribution is 0.152. The highest BCUT2D eigenvalue weighted by Crippen LogP contribution is 2.54. The first kappa shape index (κ1) is 8.93. The molecule has 1 aromatic rings. The van der Waals surface area contributed by atoms with Gasteiger partial charge in [0.2, 0.25) is 0 Å². The van der Waals surface area contributed by atoms with Crippen LogP contribution in [0.15, 0.2) is 6.07 Å². The standard InChI is InChI=1S/C12H16OS/c1-8(13)12(5-6-12)11-7-9-3-2-4-10(9)14-11/h7-8,13H,2-6H2,1H3. The van der Waals surface area contributed by atoms with Gasteiger partial charge in [0, 0.05) is 15.2 Å². The van der Waals surface area contributed by atoms with Crippen LogP contribution in [0.3, 0.4) is 0 Å². The minimum atomic E-state index is -0.165. The second-order valence-corrected chi connectivity index (χ2v) is 5.88. The van der Waals surface area contributed by atoms with Gasteiger partial charge in [-0.15, -0.1) is 11.3 Å². The van der Waals surface area contributed by atoms with Gasteiger partial charge in [-0.25, -0.2) is 0 Å². The van der Waals surface area contributed by atoms with E-state index in [1.54, 1.807) is 10.4 Å². The summed E-state index contributed by atoms with van der Waals surface area (Å²) in [5, 5.41) is 9.79. The van der Waals surface area contributed by atoms with Crippen LogP contribution in [-0.4, -0.2) is 11.2 Å². The van der Waals surface area contributed by atoms with Crippen LogP contribution in [0.4, 0.5) is 0 Å². The molecule has 0 spiro atoms. The average molecular weight is 208 g/mol. The lowest BCUT2D eigenvalue weighted by Gasteiger charge is -2.16. The Hall–Kier alpha value is -0.340. The van der Waals surface area contributed by atoms with Gasteiger partial charge in [0.15, 0.2) is 0 Å².